The van der Waals surface area contributed by atoms with Crippen molar-refractivity contribution in [3.63, 3.8) is 0 Å². The first-order valence-corrected chi connectivity index (χ1v) is 6.52. The summed E-state index contributed by atoms with van der Waals surface area (Å²) in [6.45, 7) is -2.05. The number of aliphatic hydroxyl groups is 4. The van der Waals surface area contributed by atoms with E-state index in [4.69, 9.17) is 10.2 Å². The van der Waals surface area contributed by atoms with E-state index in [2.05, 4.69) is 0 Å². The first-order valence-electron chi connectivity index (χ1n) is 6.52. The van der Waals surface area contributed by atoms with Crippen LogP contribution in [-0.4, -0.2) is 63.4 Å². The fourth-order valence-corrected chi connectivity index (χ4v) is 1.84. The minimum absolute atomic E-state index is 0. The van der Waals surface area contributed by atoms with Crippen LogP contribution in [0.1, 0.15) is 5.56 Å². The van der Waals surface area contributed by atoms with Crippen molar-refractivity contribution in [1.82, 2.24) is 0 Å². The van der Waals surface area contributed by atoms with Gasteiger partial charge in [-0.1, -0.05) is 30.3 Å². The maximum absolute atomic E-state index is 12.2. The summed E-state index contributed by atoms with van der Waals surface area (Å²) in [7, 11) is 0. The Hall–Kier alpha value is -1.39. The molecule has 1 aromatic rings. The molecule has 1 aromatic carbocycles. The van der Waals surface area contributed by atoms with Gasteiger partial charge in [0.2, 0.25) is 0 Å². The molecule has 0 aliphatic rings. The third-order valence-electron chi connectivity index (χ3n) is 2.96. The molecule has 0 aromatic heterocycles. The number of hydrogen-bond donors (Lipinski definition) is 4. The second-order valence-corrected chi connectivity index (χ2v) is 4.53. The fraction of sp³-hybridized carbons (Fsp3) is 0.267. The van der Waals surface area contributed by atoms with E-state index in [-0.39, 0.29) is 35.1 Å². The van der Waals surface area contributed by atoms with E-state index in [0.717, 1.165) is 0 Å². The van der Waals surface area contributed by atoms with Crippen LogP contribution < -0.4 is 34.7 Å². The average molecular weight is 346 g/mol. The van der Waals surface area contributed by atoms with Crippen LogP contribution in [0.4, 0.5) is 0 Å². The van der Waals surface area contributed by atoms with Gasteiger partial charge < -0.3 is 30.3 Å². The van der Waals surface area contributed by atoms with Crippen molar-refractivity contribution in [1.29, 1.82) is 0 Å². The summed E-state index contributed by atoms with van der Waals surface area (Å²) in [5, 5.41) is 47.9. The van der Waals surface area contributed by atoms with Gasteiger partial charge in [0.1, 0.15) is 12.2 Å². The zero-order valence-corrected chi connectivity index (χ0v) is 14.9. The largest absolute Gasteiger partial charge is 1.00 e. The number of aliphatic carboxylic acids is 1. The molecule has 2 unspecified atom stereocenters. The Balaban J connectivity index is 0.00000529. The van der Waals surface area contributed by atoms with Gasteiger partial charge in [0.15, 0.2) is 11.6 Å². The molecule has 0 radical (unpaired) electrons. The van der Waals surface area contributed by atoms with Crippen LogP contribution in [0.25, 0.3) is 5.57 Å². The predicted molar refractivity (Wildman–Crippen MR) is 74.6 cm³/mol. The molecule has 9 heteroatoms. The number of carboxylic acids is 1. The third-order valence-corrected chi connectivity index (χ3v) is 2.96. The van der Waals surface area contributed by atoms with Crippen LogP contribution in [0.2, 0.25) is 0 Å². The number of benzene rings is 1. The Morgan fingerprint density at radius 1 is 0.917 bits per heavy atom. The van der Waals surface area contributed by atoms with Gasteiger partial charge in [-0.25, -0.2) is 0 Å². The van der Waals surface area contributed by atoms with E-state index in [1.807, 2.05) is 0 Å². The van der Waals surface area contributed by atoms with Gasteiger partial charge >= 0.3 is 29.6 Å². The summed E-state index contributed by atoms with van der Waals surface area (Å²) >= 11 is 0. The van der Waals surface area contributed by atoms with E-state index >= 15 is 0 Å². The van der Waals surface area contributed by atoms with Crippen molar-refractivity contribution in [2.75, 3.05) is 13.2 Å². The minimum Gasteiger partial charge on any atom is -0.545 e. The van der Waals surface area contributed by atoms with E-state index in [1.165, 1.54) is 24.3 Å². The normalized spacial score (nSPS) is 14.0. The molecule has 0 saturated carbocycles. The van der Waals surface area contributed by atoms with Gasteiger partial charge in [-0.15, -0.1) is 0 Å². The Morgan fingerprint density at radius 3 is 1.79 bits per heavy atom. The number of ketones is 2. The SMILES string of the molecule is O=C([O-])C(C(=O)C(O)CO)=C(C(=O)C(O)CO)c1ccccc1.[Na+]. The van der Waals surface area contributed by atoms with Crippen LogP contribution in [0.15, 0.2) is 35.9 Å². The summed E-state index contributed by atoms with van der Waals surface area (Å²) < 4.78 is 0. The second kappa shape index (κ2) is 10.5. The number of carbonyl (C=O) groups excluding carboxylic acids is 3. The number of rotatable bonds is 8. The van der Waals surface area contributed by atoms with Crippen molar-refractivity contribution >= 4 is 23.1 Å². The monoisotopic (exact) mass is 346 g/mol. The van der Waals surface area contributed by atoms with Crippen molar-refractivity contribution in [2.24, 2.45) is 0 Å². The van der Waals surface area contributed by atoms with Crippen LogP contribution in [0.5, 0.6) is 0 Å². The van der Waals surface area contributed by atoms with Crippen molar-refractivity contribution in [2.45, 2.75) is 12.2 Å². The smallest absolute Gasteiger partial charge is 0.545 e. The third kappa shape index (κ3) is 5.32. The van der Waals surface area contributed by atoms with Crippen LogP contribution in [0.3, 0.4) is 0 Å². The van der Waals surface area contributed by atoms with Gasteiger partial charge in [0, 0.05) is 5.57 Å². The molecule has 8 nitrogen and oxygen atoms in total. The maximum Gasteiger partial charge on any atom is 1.00 e. The summed E-state index contributed by atoms with van der Waals surface area (Å²) in [6, 6.07) is 7.08. The Kier molecular flexibility index (Phi) is 9.86. The Morgan fingerprint density at radius 2 is 1.38 bits per heavy atom. The molecule has 24 heavy (non-hydrogen) atoms. The molecule has 0 bridgehead atoms. The standard InChI is InChI=1S/C15H16O8.Na/c16-6-9(18)13(20)11(8-4-2-1-3-5-8)12(15(22)23)14(21)10(19)7-17;/h1-5,9-10,16-19H,6-7H2,(H,22,23);/q;+1/p-1. The van der Waals surface area contributed by atoms with E-state index in [0.29, 0.717) is 0 Å². The number of hydrogen-bond acceptors (Lipinski definition) is 8. The molecule has 0 saturated heterocycles. The summed E-state index contributed by atoms with van der Waals surface area (Å²) in [5.74, 6) is -4.72. The van der Waals surface area contributed by atoms with Gasteiger partial charge in [0.05, 0.1) is 24.8 Å². The number of carbonyl (C=O) groups is 3. The summed E-state index contributed by atoms with van der Waals surface area (Å²) in [6.07, 6.45) is -4.03. The fourth-order valence-electron chi connectivity index (χ4n) is 1.84. The molecule has 0 spiro atoms. The number of aliphatic hydroxyl groups excluding tert-OH is 4. The second-order valence-electron chi connectivity index (χ2n) is 4.53. The molecule has 0 aliphatic heterocycles. The molecule has 0 aliphatic carbocycles. The Labute approximate surface area is 159 Å². The van der Waals surface area contributed by atoms with E-state index in [1.54, 1.807) is 6.07 Å². The van der Waals surface area contributed by atoms with Crippen LogP contribution >= 0.6 is 0 Å². The Bertz CT molecular complexity index is 626. The molecule has 0 amide bonds. The van der Waals surface area contributed by atoms with Gasteiger partial charge in [0.25, 0.3) is 0 Å². The van der Waals surface area contributed by atoms with Crippen molar-refractivity contribution in [3.05, 3.63) is 41.5 Å². The maximum atomic E-state index is 12.2. The van der Waals surface area contributed by atoms with Gasteiger partial charge in [-0.2, -0.15) is 0 Å². The zero-order valence-electron chi connectivity index (χ0n) is 12.9. The van der Waals surface area contributed by atoms with Crippen LogP contribution in [-0.2, 0) is 14.4 Å². The van der Waals surface area contributed by atoms with Gasteiger partial charge in [-0.3, -0.25) is 9.59 Å². The first-order chi connectivity index (χ1) is 10.8. The molecule has 1 rings (SSSR count). The first kappa shape index (κ1) is 22.6. The quantitative estimate of drug-likeness (QED) is 0.157. The molecule has 0 heterocycles. The number of Topliss-reactive ketones (excluding diaryl/α,β-unsaturated/α-hetero) is 2. The van der Waals surface area contributed by atoms with Gasteiger partial charge in [-0.05, 0) is 5.56 Å². The van der Waals surface area contributed by atoms with Crippen molar-refractivity contribution in [3.8, 4) is 0 Å². The van der Waals surface area contributed by atoms with E-state index < -0.39 is 54.1 Å². The van der Waals surface area contributed by atoms with Crippen LogP contribution in [0, 0.1) is 0 Å². The molecular formula is C15H15NaO8. The zero-order chi connectivity index (χ0) is 17.6. The molecule has 0 fully saturated rings. The minimum atomic E-state index is -2.07. The molecular weight excluding hydrogens is 331 g/mol. The van der Waals surface area contributed by atoms with E-state index in [9.17, 15) is 29.7 Å². The summed E-state index contributed by atoms with van der Waals surface area (Å²) in [4.78, 5) is 35.5. The summed E-state index contributed by atoms with van der Waals surface area (Å²) in [5.41, 5.74) is -1.93. The molecule has 4 N–H and O–H groups in total. The average Bonchev–Trinajstić information content (AvgIpc) is 2.57. The van der Waals surface area contributed by atoms with Crippen molar-refractivity contribution < 1.29 is 69.5 Å². The molecule has 2 atom stereocenters. The topological polar surface area (TPSA) is 155 Å². The number of carboxylic acid groups (broad SMARTS) is 1. The molecule has 124 valence electrons. The predicted octanol–water partition coefficient (Wildman–Crippen LogP) is -5.96.